The fourth-order valence-electron chi connectivity index (χ4n) is 3.43. The van der Waals surface area contributed by atoms with Crippen molar-refractivity contribution in [3.8, 4) is 5.75 Å². The summed E-state index contributed by atoms with van der Waals surface area (Å²) in [5, 5.41) is 15.3. The summed E-state index contributed by atoms with van der Waals surface area (Å²) >= 11 is 0. The van der Waals surface area contributed by atoms with Gasteiger partial charge in [0.25, 0.3) is 0 Å². The number of amides is 1. The number of ether oxygens (including phenoxy) is 1. The molecule has 2 aromatic rings. The number of methoxy groups -OCH3 is 1. The summed E-state index contributed by atoms with van der Waals surface area (Å²) in [7, 11) is 1.38. The molecular weight excluding hydrogens is 382 g/mol. The van der Waals surface area contributed by atoms with Gasteiger partial charge in [0.15, 0.2) is 5.75 Å². The van der Waals surface area contributed by atoms with Crippen molar-refractivity contribution >= 4 is 17.3 Å². The lowest BCUT2D eigenvalue weighted by molar-refractivity contribution is -0.385. The second-order valence-electron chi connectivity index (χ2n) is 8.64. The summed E-state index contributed by atoms with van der Waals surface area (Å²) in [5.74, 6) is 0.144. The molecule has 1 saturated carbocycles. The van der Waals surface area contributed by atoms with E-state index < -0.39 is 4.92 Å². The molecule has 1 fully saturated rings. The largest absolute Gasteiger partial charge is 0.490 e. The van der Waals surface area contributed by atoms with Gasteiger partial charge in [0.05, 0.1) is 17.7 Å². The van der Waals surface area contributed by atoms with Crippen LogP contribution in [0.5, 0.6) is 5.75 Å². The van der Waals surface area contributed by atoms with Crippen LogP contribution in [0.25, 0.3) is 0 Å². The third-order valence-corrected chi connectivity index (χ3v) is 5.46. The number of hydrogen-bond acceptors (Lipinski definition) is 5. The van der Waals surface area contributed by atoms with E-state index in [2.05, 4.69) is 55.6 Å². The SMILES string of the molecule is COc1ccc(/C(C)=N/NC(=O)[C@@H]2C[C@@H]2c2ccc(C(C)(C)C)cc2)cc1[N+](=O)[O-]. The molecule has 30 heavy (non-hydrogen) atoms. The van der Waals surface area contributed by atoms with E-state index in [1.54, 1.807) is 13.0 Å². The molecule has 1 N–H and O–H groups in total. The van der Waals surface area contributed by atoms with Gasteiger partial charge in [-0.05, 0) is 47.9 Å². The molecule has 0 aromatic heterocycles. The summed E-state index contributed by atoms with van der Waals surface area (Å²) in [6.45, 7) is 8.22. The molecular formula is C23H27N3O4. The number of rotatable bonds is 6. The predicted octanol–water partition coefficient (Wildman–Crippen LogP) is 4.54. The van der Waals surface area contributed by atoms with Crippen LogP contribution in [-0.4, -0.2) is 23.7 Å². The standard InChI is InChI=1S/C23H27N3O4/c1-14(16-8-11-21(30-5)20(12-16)26(28)29)24-25-22(27)19-13-18(19)15-6-9-17(10-7-15)23(2,3)4/h6-12,18-19H,13H2,1-5H3,(H,25,27)/b24-14+/t18-,19-/m1/s1. The predicted molar refractivity (Wildman–Crippen MR) is 116 cm³/mol. The first-order valence-electron chi connectivity index (χ1n) is 9.89. The Hall–Kier alpha value is -3.22. The number of benzene rings is 2. The maximum atomic E-state index is 12.5. The van der Waals surface area contributed by atoms with Crippen LogP contribution in [0.1, 0.15) is 56.7 Å². The number of carbonyl (C=O) groups excluding carboxylic acids is 1. The first-order chi connectivity index (χ1) is 14.1. The Morgan fingerprint density at radius 2 is 1.87 bits per heavy atom. The van der Waals surface area contributed by atoms with E-state index in [-0.39, 0.29) is 34.6 Å². The minimum Gasteiger partial charge on any atom is -0.490 e. The van der Waals surface area contributed by atoms with Gasteiger partial charge in [-0.1, -0.05) is 45.0 Å². The normalized spacial score (nSPS) is 18.6. The topological polar surface area (TPSA) is 93.8 Å². The van der Waals surface area contributed by atoms with Crippen LogP contribution in [0, 0.1) is 16.0 Å². The summed E-state index contributed by atoms with van der Waals surface area (Å²) in [5.41, 5.74) is 6.02. The molecule has 1 aliphatic rings. The number of nitro groups is 1. The molecule has 2 atom stereocenters. The molecule has 0 spiro atoms. The van der Waals surface area contributed by atoms with Crippen molar-refractivity contribution in [2.45, 2.75) is 45.4 Å². The Kier molecular flexibility index (Phi) is 5.92. The smallest absolute Gasteiger partial charge is 0.311 e. The zero-order valence-electron chi connectivity index (χ0n) is 17.9. The van der Waals surface area contributed by atoms with E-state index in [1.807, 2.05) is 0 Å². The first-order valence-corrected chi connectivity index (χ1v) is 9.89. The molecule has 158 valence electrons. The highest BCUT2D eigenvalue weighted by atomic mass is 16.6. The zero-order valence-corrected chi connectivity index (χ0v) is 17.9. The maximum Gasteiger partial charge on any atom is 0.311 e. The van der Waals surface area contributed by atoms with Gasteiger partial charge in [-0.2, -0.15) is 5.10 Å². The van der Waals surface area contributed by atoms with Crippen molar-refractivity contribution in [1.82, 2.24) is 5.43 Å². The van der Waals surface area contributed by atoms with Crippen molar-refractivity contribution in [1.29, 1.82) is 0 Å². The Morgan fingerprint density at radius 1 is 1.20 bits per heavy atom. The average molecular weight is 409 g/mol. The Morgan fingerprint density at radius 3 is 2.43 bits per heavy atom. The van der Waals surface area contributed by atoms with E-state index >= 15 is 0 Å². The third kappa shape index (κ3) is 4.67. The van der Waals surface area contributed by atoms with Gasteiger partial charge in [-0.15, -0.1) is 0 Å². The maximum absolute atomic E-state index is 12.5. The molecule has 7 nitrogen and oxygen atoms in total. The first kappa shape index (κ1) is 21.5. The van der Waals surface area contributed by atoms with Crippen molar-refractivity contribution in [2.24, 2.45) is 11.0 Å². The lowest BCUT2D eigenvalue weighted by Crippen LogP contribution is -2.21. The third-order valence-electron chi connectivity index (χ3n) is 5.46. The highest BCUT2D eigenvalue weighted by Crippen LogP contribution is 2.47. The Bertz CT molecular complexity index is 990. The Balaban J connectivity index is 1.64. The quantitative estimate of drug-likeness (QED) is 0.430. The molecule has 0 bridgehead atoms. The number of nitrogens with zero attached hydrogens (tertiary/aromatic N) is 2. The monoisotopic (exact) mass is 409 g/mol. The van der Waals surface area contributed by atoms with Gasteiger partial charge in [-0.3, -0.25) is 14.9 Å². The van der Waals surface area contributed by atoms with Crippen LogP contribution in [0.3, 0.4) is 0 Å². The summed E-state index contributed by atoms with van der Waals surface area (Å²) in [6, 6.07) is 13.0. The highest BCUT2D eigenvalue weighted by molar-refractivity contribution is 6.00. The van der Waals surface area contributed by atoms with Gasteiger partial charge in [0.1, 0.15) is 0 Å². The lowest BCUT2D eigenvalue weighted by atomic mass is 9.86. The molecule has 3 rings (SSSR count). The van der Waals surface area contributed by atoms with Crippen LogP contribution >= 0.6 is 0 Å². The number of hydrogen-bond donors (Lipinski definition) is 1. The molecule has 0 radical (unpaired) electrons. The zero-order chi connectivity index (χ0) is 22.1. The van der Waals surface area contributed by atoms with Crippen LogP contribution in [0.4, 0.5) is 5.69 Å². The minimum atomic E-state index is -0.506. The van der Waals surface area contributed by atoms with Crippen LogP contribution in [-0.2, 0) is 10.2 Å². The van der Waals surface area contributed by atoms with E-state index in [9.17, 15) is 14.9 Å². The van der Waals surface area contributed by atoms with Crippen LogP contribution in [0.2, 0.25) is 0 Å². The van der Waals surface area contributed by atoms with Crippen LogP contribution < -0.4 is 10.2 Å². The van der Waals surface area contributed by atoms with E-state index in [0.29, 0.717) is 11.3 Å². The van der Waals surface area contributed by atoms with E-state index in [1.165, 1.54) is 24.8 Å². The van der Waals surface area contributed by atoms with Gasteiger partial charge in [0, 0.05) is 17.5 Å². The highest BCUT2D eigenvalue weighted by Gasteiger charge is 2.44. The lowest BCUT2D eigenvalue weighted by Gasteiger charge is -2.19. The number of nitrogens with one attached hydrogen (secondary N) is 1. The summed E-state index contributed by atoms with van der Waals surface area (Å²) in [6.07, 6.45) is 0.795. The average Bonchev–Trinajstić information content (AvgIpc) is 3.51. The summed E-state index contributed by atoms with van der Waals surface area (Å²) < 4.78 is 5.01. The van der Waals surface area contributed by atoms with Crippen LogP contribution in [0.15, 0.2) is 47.6 Å². The van der Waals surface area contributed by atoms with E-state index in [0.717, 1.165) is 12.0 Å². The molecule has 0 saturated heterocycles. The number of hydrazone groups is 1. The second kappa shape index (κ2) is 8.26. The van der Waals surface area contributed by atoms with Crippen molar-refractivity contribution in [3.63, 3.8) is 0 Å². The van der Waals surface area contributed by atoms with Gasteiger partial charge in [-0.25, -0.2) is 5.43 Å². The van der Waals surface area contributed by atoms with Gasteiger partial charge >= 0.3 is 5.69 Å². The second-order valence-corrected chi connectivity index (χ2v) is 8.64. The van der Waals surface area contributed by atoms with Gasteiger partial charge in [0.2, 0.25) is 5.91 Å². The fraction of sp³-hybridized carbons (Fsp3) is 0.391. The fourth-order valence-corrected chi connectivity index (χ4v) is 3.43. The van der Waals surface area contributed by atoms with Crippen molar-refractivity contribution in [3.05, 3.63) is 69.3 Å². The molecule has 1 aliphatic carbocycles. The number of carbonyl (C=O) groups is 1. The molecule has 0 unspecified atom stereocenters. The molecule has 1 amide bonds. The molecule has 7 heteroatoms. The van der Waals surface area contributed by atoms with Gasteiger partial charge < -0.3 is 4.74 Å². The molecule has 0 aliphatic heterocycles. The summed E-state index contributed by atoms with van der Waals surface area (Å²) in [4.78, 5) is 23.2. The van der Waals surface area contributed by atoms with E-state index in [4.69, 9.17) is 4.74 Å². The molecule has 0 heterocycles. The molecule has 2 aromatic carbocycles. The Labute approximate surface area is 176 Å². The minimum absolute atomic E-state index is 0.0988. The van der Waals surface area contributed by atoms with Crippen molar-refractivity contribution < 1.29 is 14.5 Å². The van der Waals surface area contributed by atoms with Crippen molar-refractivity contribution in [2.75, 3.05) is 7.11 Å². The number of nitro benzene ring substituents is 1.